The number of carbonyl (C=O) groups excluding carboxylic acids is 1. The van der Waals surface area contributed by atoms with Gasteiger partial charge in [0.25, 0.3) is 5.89 Å². The fourth-order valence-corrected chi connectivity index (χ4v) is 4.14. The molecule has 0 unspecified atom stereocenters. The van der Waals surface area contributed by atoms with E-state index < -0.39 is 0 Å². The van der Waals surface area contributed by atoms with Crippen LogP contribution in [0.15, 0.2) is 22.7 Å². The predicted molar refractivity (Wildman–Crippen MR) is 98.8 cm³/mol. The van der Waals surface area contributed by atoms with Crippen LogP contribution < -0.4 is 9.47 Å². The van der Waals surface area contributed by atoms with Crippen LogP contribution in [0.4, 0.5) is 0 Å². The number of benzene rings is 1. The Balaban J connectivity index is 1.52. The minimum absolute atomic E-state index is 0.0128. The van der Waals surface area contributed by atoms with E-state index in [1.807, 2.05) is 17.0 Å². The van der Waals surface area contributed by atoms with Crippen molar-refractivity contribution in [1.29, 1.82) is 0 Å². The van der Waals surface area contributed by atoms with Crippen LogP contribution in [0.25, 0.3) is 11.5 Å². The Morgan fingerprint density at radius 1 is 1.15 bits per heavy atom. The maximum atomic E-state index is 12.5. The third-order valence-electron chi connectivity index (χ3n) is 5.62. The third kappa shape index (κ3) is 3.50. The highest BCUT2D eigenvalue weighted by Crippen LogP contribution is 2.35. The number of ether oxygens (including phenoxy) is 2. The normalized spacial score (nSPS) is 20.9. The van der Waals surface area contributed by atoms with Crippen molar-refractivity contribution in [1.82, 2.24) is 15.0 Å². The average molecular weight is 371 g/mol. The smallest absolute Gasteiger partial charge is 0.261 e. The standard InChI is InChI=1S/C20H25N3O4/c1-25-15-8-9-16(17(11-15)26-2)20-21-19(22-27-20)13-10-18(24)23(12-13)14-6-4-3-5-7-14/h8-9,11,13-14H,3-7,10,12H2,1-2H3/t13-/m1/s1. The summed E-state index contributed by atoms with van der Waals surface area (Å²) in [6.07, 6.45) is 6.37. The van der Waals surface area contributed by atoms with Crippen molar-refractivity contribution in [3.8, 4) is 23.0 Å². The van der Waals surface area contributed by atoms with E-state index >= 15 is 0 Å². The topological polar surface area (TPSA) is 77.7 Å². The number of likely N-dealkylation sites (tertiary alicyclic amines) is 1. The van der Waals surface area contributed by atoms with E-state index in [0.29, 0.717) is 47.8 Å². The Morgan fingerprint density at radius 3 is 2.70 bits per heavy atom. The molecule has 1 aromatic carbocycles. The Hall–Kier alpha value is -2.57. The van der Waals surface area contributed by atoms with Crippen LogP contribution in [0, 0.1) is 0 Å². The number of hydrogen-bond donors (Lipinski definition) is 0. The molecule has 2 heterocycles. The zero-order valence-electron chi connectivity index (χ0n) is 15.8. The average Bonchev–Trinajstić information content (AvgIpc) is 3.35. The first kappa shape index (κ1) is 17.8. The fourth-order valence-electron chi connectivity index (χ4n) is 4.14. The molecule has 1 saturated carbocycles. The molecule has 0 spiro atoms. The van der Waals surface area contributed by atoms with E-state index in [-0.39, 0.29) is 11.8 Å². The van der Waals surface area contributed by atoms with E-state index in [9.17, 15) is 4.79 Å². The molecule has 1 aliphatic carbocycles. The van der Waals surface area contributed by atoms with Gasteiger partial charge in [0.05, 0.1) is 19.8 Å². The summed E-state index contributed by atoms with van der Waals surface area (Å²) in [6, 6.07) is 5.82. The highest BCUT2D eigenvalue weighted by molar-refractivity contribution is 5.80. The molecule has 0 N–H and O–H groups in total. The summed E-state index contributed by atoms with van der Waals surface area (Å²) in [6.45, 7) is 0.683. The van der Waals surface area contributed by atoms with Gasteiger partial charge in [0, 0.05) is 31.0 Å². The monoisotopic (exact) mass is 371 g/mol. The maximum Gasteiger partial charge on any atom is 0.261 e. The molecule has 27 heavy (non-hydrogen) atoms. The van der Waals surface area contributed by atoms with Crippen molar-refractivity contribution < 1.29 is 18.8 Å². The van der Waals surface area contributed by atoms with Crippen molar-refractivity contribution in [2.24, 2.45) is 0 Å². The Morgan fingerprint density at radius 2 is 1.96 bits per heavy atom. The van der Waals surface area contributed by atoms with Gasteiger partial charge in [-0.15, -0.1) is 0 Å². The van der Waals surface area contributed by atoms with Crippen molar-refractivity contribution in [3.63, 3.8) is 0 Å². The van der Waals surface area contributed by atoms with Gasteiger partial charge >= 0.3 is 0 Å². The molecule has 7 nitrogen and oxygen atoms in total. The van der Waals surface area contributed by atoms with Gasteiger partial charge in [0.15, 0.2) is 5.82 Å². The van der Waals surface area contributed by atoms with Gasteiger partial charge < -0.3 is 18.9 Å². The van der Waals surface area contributed by atoms with E-state index in [2.05, 4.69) is 10.1 Å². The lowest BCUT2D eigenvalue weighted by molar-refractivity contribution is -0.130. The molecule has 1 atom stereocenters. The van der Waals surface area contributed by atoms with Crippen LogP contribution in [0.5, 0.6) is 11.5 Å². The first-order valence-electron chi connectivity index (χ1n) is 9.55. The van der Waals surface area contributed by atoms with Gasteiger partial charge in [-0.1, -0.05) is 24.4 Å². The molecule has 2 aromatic rings. The predicted octanol–water partition coefficient (Wildman–Crippen LogP) is 3.40. The second-order valence-electron chi connectivity index (χ2n) is 7.26. The quantitative estimate of drug-likeness (QED) is 0.802. The number of methoxy groups -OCH3 is 2. The molecule has 0 radical (unpaired) electrons. The van der Waals surface area contributed by atoms with Gasteiger partial charge in [-0.25, -0.2) is 0 Å². The molecule has 7 heteroatoms. The molecule has 2 fully saturated rings. The van der Waals surface area contributed by atoms with Crippen LogP contribution in [0.1, 0.15) is 50.3 Å². The summed E-state index contributed by atoms with van der Waals surface area (Å²) < 4.78 is 16.1. The molecule has 1 saturated heterocycles. The van der Waals surface area contributed by atoms with Crippen LogP contribution in [-0.4, -0.2) is 47.8 Å². The van der Waals surface area contributed by atoms with Crippen molar-refractivity contribution >= 4 is 5.91 Å². The summed E-state index contributed by atoms with van der Waals surface area (Å²) >= 11 is 0. The molecule has 1 amide bonds. The molecule has 1 aliphatic heterocycles. The molecule has 0 bridgehead atoms. The van der Waals surface area contributed by atoms with Crippen molar-refractivity contribution in [2.45, 2.75) is 50.5 Å². The van der Waals surface area contributed by atoms with E-state index in [1.54, 1.807) is 20.3 Å². The SMILES string of the molecule is COc1ccc(-c2nc([C@@H]3CC(=O)N(C4CCCCC4)C3)no2)c(OC)c1. The van der Waals surface area contributed by atoms with Gasteiger partial charge in [0.2, 0.25) is 5.91 Å². The lowest BCUT2D eigenvalue weighted by atomic mass is 9.94. The Labute approximate surface area is 158 Å². The van der Waals surface area contributed by atoms with Crippen molar-refractivity contribution in [3.05, 3.63) is 24.0 Å². The summed E-state index contributed by atoms with van der Waals surface area (Å²) in [5.74, 6) is 2.49. The summed E-state index contributed by atoms with van der Waals surface area (Å²) in [5, 5.41) is 4.15. The lowest BCUT2D eigenvalue weighted by Crippen LogP contribution is -2.37. The number of amides is 1. The zero-order chi connectivity index (χ0) is 18.8. The van der Waals surface area contributed by atoms with Gasteiger partial charge in [-0.2, -0.15) is 4.98 Å². The van der Waals surface area contributed by atoms with Gasteiger partial charge in [-0.3, -0.25) is 4.79 Å². The number of rotatable bonds is 5. The Kier molecular flexibility index (Phi) is 5.01. The second kappa shape index (κ2) is 7.58. The third-order valence-corrected chi connectivity index (χ3v) is 5.62. The number of carbonyl (C=O) groups is 1. The van der Waals surface area contributed by atoms with Gasteiger partial charge in [0.1, 0.15) is 11.5 Å². The molecule has 4 rings (SSSR count). The minimum Gasteiger partial charge on any atom is -0.497 e. The molecular weight excluding hydrogens is 346 g/mol. The highest BCUT2D eigenvalue weighted by Gasteiger charge is 2.37. The zero-order valence-corrected chi connectivity index (χ0v) is 15.8. The van der Waals surface area contributed by atoms with Crippen LogP contribution >= 0.6 is 0 Å². The molecule has 2 aliphatic rings. The largest absolute Gasteiger partial charge is 0.497 e. The fraction of sp³-hybridized carbons (Fsp3) is 0.550. The van der Waals surface area contributed by atoms with E-state index in [1.165, 1.54) is 19.3 Å². The lowest BCUT2D eigenvalue weighted by Gasteiger charge is -2.31. The first-order valence-corrected chi connectivity index (χ1v) is 9.55. The summed E-state index contributed by atoms with van der Waals surface area (Å²) in [4.78, 5) is 19.1. The van der Waals surface area contributed by atoms with Crippen LogP contribution in [-0.2, 0) is 4.79 Å². The molecule has 144 valence electrons. The van der Waals surface area contributed by atoms with Crippen LogP contribution in [0.3, 0.4) is 0 Å². The maximum absolute atomic E-state index is 12.5. The Bertz CT molecular complexity index is 813. The summed E-state index contributed by atoms with van der Waals surface area (Å²) in [5.41, 5.74) is 0.713. The second-order valence-corrected chi connectivity index (χ2v) is 7.26. The van der Waals surface area contributed by atoms with E-state index in [0.717, 1.165) is 12.8 Å². The number of hydrogen-bond acceptors (Lipinski definition) is 6. The first-order chi connectivity index (χ1) is 13.2. The number of nitrogens with zero attached hydrogens (tertiary/aromatic N) is 3. The van der Waals surface area contributed by atoms with Gasteiger partial charge in [-0.05, 0) is 25.0 Å². The van der Waals surface area contributed by atoms with Crippen molar-refractivity contribution in [2.75, 3.05) is 20.8 Å². The number of aromatic nitrogens is 2. The molecular formula is C20H25N3O4. The van der Waals surface area contributed by atoms with E-state index in [4.69, 9.17) is 14.0 Å². The van der Waals surface area contributed by atoms with Crippen LogP contribution in [0.2, 0.25) is 0 Å². The molecule has 1 aromatic heterocycles. The highest BCUT2D eigenvalue weighted by atomic mass is 16.5. The minimum atomic E-state index is -0.0128. The summed E-state index contributed by atoms with van der Waals surface area (Å²) in [7, 11) is 3.20.